The predicted octanol–water partition coefficient (Wildman–Crippen LogP) is 2.15. The normalized spacial score (nSPS) is 54.6. The summed E-state index contributed by atoms with van der Waals surface area (Å²) in [5.41, 5.74) is 0. The molecule has 0 N–H and O–H groups in total. The van der Waals surface area contributed by atoms with Crippen molar-refractivity contribution >= 4 is 9.47 Å². The average molecular weight is 244 g/mol. The molecule has 2 bridgehead atoms. The monoisotopic (exact) mass is 244 g/mol. The van der Waals surface area contributed by atoms with Crippen LogP contribution in [0.5, 0.6) is 0 Å². The van der Waals surface area contributed by atoms with Crippen LogP contribution in [0.25, 0.3) is 0 Å². The van der Waals surface area contributed by atoms with Crippen LogP contribution in [0.1, 0.15) is 33.1 Å². The Hall–Kier alpha value is 0.310. The molecule has 0 saturated carbocycles. The van der Waals surface area contributed by atoms with Crippen molar-refractivity contribution in [3.05, 3.63) is 0 Å². The molecule has 0 aromatic carbocycles. The standard InChI is InChI=1S/C12H21O3P/c1-3-6-10-8-5-9(15-16)12(14-8)11(10)7(4-2)13-6/h6-12H,3-5,16H2,1-2H3. The van der Waals surface area contributed by atoms with Crippen molar-refractivity contribution in [3.63, 3.8) is 0 Å². The molecule has 0 spiro atoms. The molecule has 0 radical (unpaired) electrons. The quantitative estimate of drug-likeness (QED) is 0.712. The van der Waals surface area contributed by atoms with Crippen LogP contribution in [0.4, 0.5) is 0 Å². The third kappa shape index (κ3) is 1.42. The lowest BCUT2D eigenvalue weighted by molar-refractivity contribution is -0.0372. The molecule has 3 aliphatic rings. The summed E-state index contributed by atoms with van der Waals surface area (Å²) >= 11 is 0. The molecule has 3 heterocycles. The summed E-state index contributed by atoms with van der Waals surface area (Å²) < 4.78 is 17.7. The molecule has 4 heteroatoms. The lowest BCUT2D eigenvalue weighted by Crippen LogP contribution is -2.40. The van der Waals surface area contributed by atoms with Crippen molar-refractivity contribution in [2.45, 2.75) is 63.6 Å². The summed E-state index contributed by atoms with van der Waals surface area (Å²) in [7, 11) is 2.39. The van der Waals surface area contributed by atoms with Crippen LogP contribution in [0.15, 0.2) is 0 Å². The molecule has 92 valence electrons. The molecule has 8 atom stereocenters. The summed E-state index contributed by atoms with van der Waals surface area (Å²) in [6.45, 7) is 4.43. The second kappa shape index (κ2) is 4.20. The van der Waals surface area contributed by atoms with Crippen LogP contribution in [0, 0.1) is 11.8 Å². The van der Waals surface area contributed by atoms with E-state index >= 15 is 0 Å². The van der Waals surface area contributed by atoms with Crippen LogP contribution in [0.2, 0.25) is 0 Å². The van der Waals surface area contributed by atoms with Crippen LogP contribution in [-0.4, -0.2) is 30.5 Å². The average Bonchev–Trinajstić information content (AvgIpc) is 2.97. The highest BCUT2D eigenvalue weighted by Crippen LogP contribution is 2.54. The molecule has 8 unspecified atom stereocenters. The maximum Gasteiger partial charge on any atom is 0.0902 e. The smallest absolute Gasteiger partial charge is 0.0902 e. The van der Waals surface area contributed by atoms with Crippen LogP contribution in [0.3, 0.4) is 0 Å². The Morgan fingerprint density at radius 1 is 1.12 bits per heavy atom. The Labute approximate surface area is 99.5 Å². The highest BCUT2D eigenvalue weighted by atomic mass is 31.0. The molecule has 3 fully saturated rings. The van der Waals surface area contributed by atoms with Crippen molar-refractivity contribution < 1.29 is 14.0 Å². The van der Waals surface area contributed by atoms with E-state index in [1.54, 1.807) is 0 Å². The van der Waals surface area contributed by atoms with Gasteiger partial charge >= 0.3 is 0 Å². The summed E-state index contributed by atoms with van der Waals surface area (Å²) in [4.78, 5) is 0. The van der Waals surface area contributed by atoms with Crippen molar-refractivity contribution in [1.29, 1.82) is 0 Å². The fraction of sp³-hybridized carbons (Fsp3) is 1.00. The highest BCUT2D eigenvalue weighted by Gasteiger charge is 2.62. The molecule has 0 aliphatic carbocycles. The van der Waals surface area contributed by atoms with Crippen molar-refractivity contribution in [2.75, 3.05) is 0 Å². The lowest BCUT2D eigenvalue weighted by atomic mass is 9.74. The first-order chi connectivity index (χ1) is 7.80. The molecule has 0 aromatic heterocycles. The van der Waals surface area contributed by atoms with E-state index in [2.05, 4.69) is 23.3 Å². The number of hydrogen-bond donors (Lipinski definition) is 0. The second-order valence-corrected chi connectivity index (χ2v) is 5.51. The van der Waals surface area contributed by atoms with E-state index in [1.807, 2.05) is 0 Å². The zero-order chi connectivity index (χ0) is 11.3. The van der Waals surface area contributed by atoms with Crippen LogP contribution >= 0.6 is 9.47 Å². The molecule has 0 amide bonds. The van der Waals surface area contributed by atoms with E-state index in [0.29, 0.717) is 30.1 Å². The van der Waals surface area contributed by atoms with Crippen LogP contribution in [-0.2, 0) is 14.0 Å². The van der Waals surface area contributed by atoms with Crippen LogP contribution < -0.4 is 0 Å². The topological polar surface area (TPSA) is 27.7 Å². The zero-order valence-electron chi connectivity index (χ0n) is 9.96. The maximum absolute atomic E-state index is 6.16. The number of ether oxygens (including phenoxy) is 2. The lowest BCUT2D eigenvalue weighted by Gasteiger charge is -2.29. The molecular formula is C12H21O3P. The van der Waals surface area contributed by atoms with Gasteiger partial charge in [-0.15, -0.1) is 0 Å². The second-order valence-electron chi connectivity index (χ2n) is 5.23. The molecule has 16 heavy (non-hydrogen) atoms. The van der Waals surface area contributed by atoms with Gasteiger partial charge in [0.2, 0.25) is 0 Å². The number of fused-ring (bicyclic) bond motifs is 5. The van der Waals surface area contributed by atoms with Gasteiger partial charge < -0.3 is 14.0 Å². The Morgan fingerprint density at radius 3 is 2.44 bits per heavy atom. The molecule has 0 aromatic rings. The summed E-state index contributed by atoms with van der Waals surface area (Å²) in [6, 6.07) is 0. The predicted molar refractivity (Wildman–Crippen MR) is 64.1 cm³/mol. The first-order valence-electron chi connectivity index (χ1n) is 6.46. The van der Waals surface area contributed by atoms with Crippen molar-refractivity contribution in [1.82, 2.24) is 0 Å². The largest absolute Gasteiger partial charge is 0.374 e. The van der Waals surface area contributed by atoms with E-state index in [9.17, 15) is 0 Å². The van der Waals surface area contributed by atoms with Crippen molar-refractivity contribution in [3.8, 4) is 0 Å². The van der Waals surface area contributed by atoms with Gasteiger partial charge in [-0.25, -0.2) is 0 Å². The van der Waals surface area contributed by atoms with Crippen molar-refractivity contribution in [2.24, 2.45) is 11.8 Å². The van der Waals surface area contributed by atoms with E-state index in [-0.39, 0.29) is 12.2 Å². The van der Waals surface area contributed by atoms with Gasteiger partial charge in [-0.2, -0.15) is 0 Å². The third-order valence-corrected chi connectivity index (χ3v) is 4.95. The van der Waals surface area contributed by atoms with Gasteiger partial charge in [0.1, 0.15) is 0 Å². The summed E-state index contributed by atoms with van der Waals surface area (Å²) in [5, 5.41) is 0. The van der Waals surface area contributed by atoms with E-state index in [1.165, 1.54) is 0 Å². The van der Waals surface area contributed by atoms with E-state index in [0.717, 1.165) is 19.3 Å². The molecule has 3 aliphatic heterocycles. The van der Waals surface area contributed by atoms with Gasteiger partial charge in [0.05, 0.1) is 30.5 Å². The SMILES string of the molecule is CCC1OC(CC)C2C3OC(CC3OP)C12. The Kier molecular flexibility index (Phi) is 3.00. The minimum atomic E-state index is 0.268. The summed E-state index contributed by atoms with van der Waals surface area (Å²) in [6.07, 6.45) is 4.96. The Bertz CT molecular complexity index is 273. The fourth-order valence-corrected chi connectivity index (χ4v) is 4.25. The minimum Gasteiger partial charge on any atom is -0.374 e. The Morgan fingerprint density at radius 2 is 1.81 bits per heavy atom. The highest BCUT2D eigenvalue weighted by molar-refractivity contribution is 7.09. The zero-order valence-corrected chi connectivity index (χ0v) is 11.1. The Balaban J connectivity index is 1.84. The van der Waals surface area contributed by atoms with Gasteiger partial charge in [-0.05, 0) is 12.8 Å². The van der Waals surface area contributed by atoms with Gasteiger partial charge in [0.25, 0.3) is 0 Å². The number of hydrogen-bond acceptors (Lipinski definition) is 3. The summed E-state index contributed by atoms with van der Waals surface area (Å²) in [5.74, 6) is 1.19. The van der Waals surface area contributed by atoms with Gasteiger partial charge in [-0.3, -0.25) is 0 Å². The molecule has 3 nitrogen and oxygen atoms in total. The molecule has 3 saturated heterocycles. The van der Waals surface area contributed by atoms with Gasteiger partial charge in [0.15, 0.2) is 0 Å². The molecule has 3 rings (SSSR count). The number of rotatable bonds is 3. The molecular weight excluding hydrogens is 223 g/mol. The maximum atomic E-state index is 6.16. The fourth-order valence-electron chi connectivity index (χ4n) is 3.98. The van der Waals surface area contributed by atoms with E-state index in [4.69, 9.17) is 14.0 Å². The van der Waals surface area contributed by atoms with Gasteiger partial charge in [-0.1, -0.05) is 13.8 Å². The van der Waals surface area contributed by atoms with E-state index < -0.39 is 0 Å². The minimum absolute atomic E-state index is 0.268. The first kappa shape index (κ1) is 11.4. The first-order valence-corrected chi connectivity index (χ1v) is 6.93. The van der Waals surface area contributed by atoms with Gasteiger partial charge in [0, 0.05) is 27.7 Å². The third-order valence-electron chi connectivity index (χ3n) is 4.60.